The van der Waals surface area contributed by atoms with Crippen LogP contribution in [0.1, 0.15) is 24.3 Å². The molecule has 0 radical (unpaired) electrons. The lowest BCUT2D eigenvalue weighted by Crippen LogP contribution is -2.42. The maximum atomic E-state index is 11.7. The van der Waals surface area contributed by atoms with Crippen molar-refractivity contribution in [2.75, 3.05) is 0 Å². The Kier molecular flexibility index (Phi) is 3.31. The highest BCUT2D eigenvalue weighted by Crippen LogP contribution is 1.92. The van der Waals surface area contributed by atoms with Gasteiger partial charge in [-0.1, -0.05) is 0 Å². The monoisotopic (exact) mass is 225 g/mol. The van der Waals surface area contributed by atoms with E-state index in [4.69, 9.17) is 0 Å². The van der Waals surface area contributed by atoms with Crippen LogP contribution in [0.5, 0.6) is 0 Å². The lowest BCUT2D eigenvalue weighted by molar-refractivity contribution is 0.0932. The molecule has 0 bridgehead atoms. The van der Waals surface area contributed by atoms with Gasteiger partial charge in [0.05, 0.1) is 0 Å². The smallest absolute Gasteiger partial charge is 0.331 e. The quantitative estimate of drug-likeness (QED) is 0.717. The van der Waals surface area contributed by atoms with E-state index in [1.54, 1.807) is 13.8 Å². The summed E-state index contributed by atoms with van der Waals surface area (Å²) in [6, 6.07) is 1.10. The molecule has 1 aromatic heterocycles. The fourth-order valence-corrected chi connectivity index (χ4v) is 1.29. The van der Waals surface area contributed by atoms with Crippen molar-refractivity contribution in [1.29, 1.82) is 0 Å². The van der Waals surface area contributed by atoms with Gasteiger partial charge in [0.25, 0.3) is 11.5 Å². The molecule has 6 heteroatoms. The number of hydrogen-bond acceptors (Lipinski definition) is 3. The number of nitrogens with one attached hydrogen (secondary N) is 1. The summed E-state index contributed by atoms with van der Waals surface area (Å²) in [5.74, 6) is -0.424. The maximum Gasteiger partial charge on any atom is 0.331 e. The van der Waals surface area contributed by atoms with Crippen molar-refractivity contribution in [2.45, 2.75) is 19.9 Å². The van der Waals surface area contributed by atoms with E-state index < -0.39 is 17.2 Å². The first-order chi connectivity index (χ1) is 7.34. The van der Waals surface area contributed by atoms with E-state index >= 15 is 0 Å². The molecule has 1 rings (SSSR count). The van der Waals surface area contributed by atoms with Crippen LogP contribution in [0, 0.1) is 0 Å². The van der Waals surface area contributed by atoms with E-state index in [0.717, 1.165) is 15.2 Å². The highest BCUT2D eigenvalue weighted by molar-refractivity contribution is 5.92. The van der Waals surface area contributed by atoms with Crippen LogP contribution in [0.25, 0.3) is 0 Å². The predicted octanol–water partition coefficient (Wildman–Crippen LogP) is -0.778. The zero-order valence-corrected chi connectivity index (χ0v) is 9.77. The third kappa shape index (κ3) is 2.21. The minimum Gasteiger partial charge on any atom is -0.349 e. The molecule has 0 unspecified atom stereocenters. The van der Waals surface area contributed by atoms with Gasteiger partial charge in [-0.3, -0.25) is 18.7 Å². The SMILES string of the molecule is CC(C)NC(=O)c1cc(=O)n(C)c(=O)n1C. The highest BCUT2D eigenvalue weighted by Gasteiger charge is 2.13. The number of carbonyl (C=O) groups is 1. The van der Waals surface area contributed by atoms with Crippen molar-refractivity contribution in [3.63, 3.8) is 0 Å². The summed E-state index contributed by atoms with van der Waals surface area (Å²) in [6.07, 6.45) is 0. The number of aromatic nitrogens is 2. The lowest BCUT2D eigenvalue weighted by Gasteiger charge is -2.11. The van der Waals surface area contributed by atoms with Crippen molar-refractivity contribution in [1.82, 2.24) is 14.5 Å². The Bertz CT molecular complexity index is 525. The standard InChI is InChI=1S/C10H15N3O3/c1-6(2)11-9(15)7-5-8(14)13(4)10(16)12(7)3/h5-6H,1-4H3,(H,11,15). The number of hydrogen-bond donors (Lipinski definition) is 1. The van der Waals surface area contributed by atoms with Gasteiger partial charge in [0.15, 0.2) is 0 Å². The topological polar surface area (TPSA) is 73.1 Å². The van der Waals surface area contributed by atoms with Gasteiger partial charge in [0, 0.05) is 26.2 Å². The van der Waals surface area contributed by atoms with Crippen LogP contribution in [-0.2, 0) is 14.1 Å². The Hall–Kier alpha value is -1.85. The number of amides is 1. The maximum absolute atomic E-state index is 11.7. The third-order valence-electron chi connectivity index (χ3n) is 2.18. The van der Waals surface area contributed by atoms with Gasteiger partial charge in [-0.05, 0) is 13.8 Å². The van der Waals surface area contributed by atoms with E-state index in [1.165, 1.54) is 14.1 Å². The summed E-state index contributed by atoms with van der Waals surface area (Å²) in [5, 5.41) is 2.63. The molecule has 1 amide bonds. The van der Waals surface area contributed by atoms with Crippen molar-refractivity contribution < 1.29 is 4.79 Å². The first kappa shape index (κ1) is 12.2. The van der Waals surface area contributed by atoms with Gasteiger partial charge in [-0.15, -0.1) is 0 Å². The molecule has 0 aliphatic heterocycles. The second-order valence-electron chi connectivity index (χ2n) is 3.90. The molecule has 0 atom stereocenters. The van der Waals surface area contributed by atoms with Gasteiger partial charge in [0.2, 0.25) is 0 Å². The Balaban J connectivity index is 3.32. The highest BCUT2D eigenvalue weighted by atomic mass is 16.2. The van der Waals surface area contributed by atoms with Gasteiger partial charge in [0.1, 0.15) is 5.69 Å². The van der Waals surface area contributed by atoms with Crippen LogP contribution in [0.15, 0.2) is 15.7 Å². The Morgan fingerprint density at radius 3 is 2.31 bits per heavy atom. The van der Waals surface area contributed by atoms with E-state index in [2.05, 4.69) is 5.32 Å². The van der Waals surface area contributed by atoms with Crippen LogP contribution in [0.3, 0.4) is 0 Å². The molecular weight excluding hydrogens is 210 g/mol. The summed E-state index contributed by atoms with van der Waals surface area (Å²) in [7, 11) is 2.83. The van der Waals surface area contributed by atoms with Crippen LogP contribution in [0.4, 0.5) is 0 Å². The molecule has 1 N–H and O–H groups in total. The van der Waals surface area contributed by atoms with Crippen LogP contribution >= 0.6 is 0 Å². The third-order valence-corrected chi connectivity index (χ3v) is 2.18. The van der Waals surface area contributed by atoms with Crippen LogP contribution < -0.4 is 16.6 Å². The summed E-state index contributed by atoms with van der Waals surface area (Å²) < 4.78 is 2.10. The Morgan fingerprint density at radius 1 is 1.25 bits per heavy atom. The van der Waals surface area contributed by atoms with Gasteiger partial charge >= 0.3 is 5.69 Å². The molecular formula is C10H15N3O3. The number of nitrogens with zero attached hydrogens (tertiary/aromatic N) is 2. The predicted molar refractivity (Wildman–Crippen MR) is 59.5 cm³/mol. The number of rotatable bonds is 2. The zero-order chi connectivity index (χ0) is 12.5. The molecule has 0 saturated heterocycles. The molecule has 1 aromatic rings. The minimum atomic E-state index is -0.513. The first-order valence-corrected chi connectivity index (χ1v) is 4.92. The largest absolute Gasteiger partial charge is 0.349 e. The molecule has 0 aromatic carbocycles. The van der Waals surface area contributed by atoms with Crippen LogP contribution in [0.2, 0.25) is 0 Å². The molecule has 6 nitrogen and oxygen atoms in total. The van der Waals surface area contributed by atoms with Gasteiger partial charge < -0.3 is 5.32 Å². The van der Waals surface area contributed by atoms with E-state index in [1.807, 2.05) is 0 Å². The summed E-state index contributed by atoms with van der Waals surface area (Å²) in [4.78, 5) is 34.6. The number of carbonyl (C=O) groups excluding carboxylic acids is 1. The van der Waals surface area contributed by atoms with Gasteiger partial charge in [-0.25, -0.2) is 4.79 Å². The van der Waals surface area contributed by atoms with E-state index in [-0.39, 0.29) is 11.7 Å². The Morgan fingerprint density at radius 2 is 1.81 bits per heavy atom. The second-order valence-corrected chi connectivity index (χ2v) is 3.90. The summed E-state index contributed by atoms with van der Waals surface area (Å²) in [6.45, 7) is 3.61. The zero-order valence-electron chi connectivity index (χ0n) is 9.77. The molecule has 0 aliphatic rings. The average Bonchev–Trinajstić information content (AvgIpc) is 2.19. The summed E-state index contributed by atoms with van der Waals surface area (Å²) >= 11 is 0. The van der Waals surface area contributed by atoms with E-state index in [0.29, 0.717) is 0 Å². The van der Waals surface area contributed by atoms with Crippen molar-refractivity contribution in [3.8, 4) is 0 Å². The van der Waals surface area contributed by atoms with Gasteiger partial charge in [-0.2, -0.15) is 0 Å². The van der Waals surface area contributed by atoms with Crippen molar-refractivity contribution in [2.24, 2.45) is 14.1 Å². The van der Waals surface area contributed by atoms with Crippen molar-refractivity contribution >= 4 is 5.91 Å². The normalized spacial score (nSPS) is 10.6. The van der Waals surface area contributed by atoms with Crippen LogP contribution in [-0.4, -0.2) is 21.1 Å². The fraction of sp³-hybridized carbons (Fsp3) is 0.500. The molecule has 0 spiro atoms. The molecule has 0 aliphatic carbocycles. The molecule has 0 fully saturated rings. The molecule has 1 heterocycles. The summed E-state index contributed by atoms with van der Waals surface area (Å²) in [5.41, 5.74) is -0.930. The average molecular weight is 225 g/mol. The van der Waals surface area contributed by atoms with E-state index in [9.17, 15) is 14.4 Å². The second kappa shape index (κ2) is 4.34. The lowest BCUT2D eigenvalue weighted by atomic mass is 10.3. The fourth-order valence-electron chi connectivity index (χ4n) is 1.29. The Labute approximate surface area is 92.5 Å². The molecule has 88 valence electrons. The first-order valence-electron chi connectivity index (χ1n) is 4.92. The molecule has 0 saturated carbocycles. The van der Waals surface area contributed by atoms with Crippen molar-refractivity contribution in [3.05, 3.63) is 32.6 Å². The molecule has 16 heavy (non-hydrogen) atoms. The minimum absolute atomic E-state index is 0.0494.